The Hall–Kier alpha value is -2.11. The molecule has 0 radical (unpaired) electrons. The zero-order valence-corrected chi connectivity index (χ0v) is 12.2. The van der Waals surface area contributed by atoms with Gasteiger partial charge in [0, 0.05) is 30.6 Å². The van der Waals surface area contributed by atoms with E-state index < -0.39 is 0 Å². The average molecular weight is 275 g/mol. The number of hydrogen-bond acceptors (Lipinski definition) is 3. The Kier molecular flexibility index (Phi) is 4.55. The summed E-state index contributed by atoms with van der Waals surface area (Å²) in [6.45, 7) is 6.97. The number of aromatic nitrogens is 4. The lowest BCUT2D eigenvalue weighted by atomic mass is 10.1. The number of hydrogen-bond donors (Lipinski definition) is 2. The summed E-state index contributed by atoms with van der Waals surface area (Å²) in [7, 11) is 0. The van der Waals surface area contributed by atoms with Crippen LogP contribution in [-0.2, 0) is 24.2 Å². The molecule has 6 nitrogen and oxygen atoms in total. The van der Waals surface area contributed by atoms with Gasteiger partial charge in [-0.25, -0.2) is 0 Å². The van der Waals surface area contributed by atoms with E-state index in [2.05, 4.69) is 27.5 Å². The molecule has 6 heteroatoms. The molecule has 0 aliphatic heterocycles. The van der Waals surface area contributed by atoms with E-state index in [0.29, 0.717) is 6.54 Å². The third-order valence-corrected chi connectivity index (χ3v) is 3.45. The van der Waals surface area contributed by atoms with E-state index in [4.69, 9.17) is 0 Å². The molecule has 2 heterocycles. The highest BCUT2D eigenvalue weighted by molar-refractivity contribution is 5.75. The van der Waals surface area contributed by atoms with E-state index in [9.17, 15) is 4.79 Å². The Bertz CT molecular complexity index is 571. The van der Waals surface area contributed by atoms with Crippen molar-refractivity contribution in [3.05, 3.63) is 34.9 Å². The topological polar surface area (TPSA) is 75.6 Å². The number of nitrogens with one attached hydrogen (secondary N) is 2. The zero-order chi connectivity index (χ0) is 14.5. The van der Waals surface area contributed by atoms with Crippen LogP contribution in [0.5, 0.6) is 0 Å². The number of aromatic amines is 1. The maximum Gasteiger partial charge on any atom is 0.241 e. The summed E-state index contributed by atoms with van der Waals surface area (Å²) in [6.07, 6.45) is 3.40. The minimum absolute atomic E-state index is 0.0160. The van der Waals surface area contributed by atoms with Crippen LogP contribution in [-0.4, -0.2) is 32.4 Å². The Morgan fingerprint density at radius 2 is 2.25 bits per heavy atom. The summed E-state index contributed by atoms with van der Waals surface area (Å²) < 4.78 is 1.78. The highest BCUT2D eigenvalue weighted by Crippen LogP contribution is 2.13. The zero-order valence-electron chi connectivity index (χ0n) is 12.2. The Labute approximate surface area is 118 Å². The first-order chi connectivity index (χ1) is 9.61. The van der Waals surface area contributed by atoms with Crippen molar-refractivity contribution in [3.8, 4) is 0 Å². The summed E-state index contributed by atoms with van der Waals surface area (Å²) >= 11 is 0. The van der Waals surface area contributed by atoms with Crippen molar-refractivity contribution < 1.29 is 4.79 Å². The molecule has 20 heavy (non-hydrogen) atoms. The molecule has 1 amide bonds. The molecule has 0 atom stereocenters. The maximum atomic E-state index is 11.9. The fourth-order valence-corrected chi connectivity index (χ4v) is 2.35. The van der Waals surface area contributed by atoms with Gasteiger partial charge in [-0.2, -0.15) is 10.2 Å². The molecule has 0 fully saturated rings. The van der Waals surface area contributed by atoms with Gasteiger partial charge >= 0.3 is 0 Å². The first kappa shape index (κ1) is 14.3. The summed E-state index contributed by atoms with van der Waals surface area (Å²) in [5.41, 5.74) is 4.34. The van der Waals surface area contributed by atoms with Crippen LogP contribution in [0.1, 0.15) is 29.6 Å². The van der Waals surface area contributed by atoms with E-state index in [1.54, 1.807) is 10.9 Å². The van der Waals surface area contributed by atoms with Crippen molar-refractivity contribution in [2.45, 2.75) is 40.2 Å². The van der Waals surface area contributed by atoms with Gasteiger partial charge in [-0.05, 0) is 31.9 Å². The number of carbonyl (C=O) groups excluding carboxylic acids is 1. The van der Waals surface area contributed by atoms with Crippen LogP contribution in [0.2, 0.25) is 0 Å². The highest BCUT2D eigenvalue weighted by atomic mass is 16.2. The fraction of sp³-hybridized carbons (Fsp3) is 0.500. The quantitative estimate of drug-likeness (QED) is 0.830. The minimum atomic E-state index is -0.0160. The van der Waals surface area contributed by atoms with Crippen molar-refractivity contribution >= 4 is 5.91 Å². The number of rotatable bonds is 6. The second kappa shape index (κ2) is 6.36. The van der Waals surface area contributed by atoms with E-state index in [1.807, 2.05) is 19.9 Å². The largest absolute Gasteiger partial charge is 0.354 e. The highest BCUT2D eigenvalue weighted by Gasteiger charge is 2.12. The minimum Gasteiger partial charge on any atom is -0.354 e. The molecule has 108 valence electrons. The molecule has 0 unspecified atom stereocenters. The number of nitrogens with zero attached hydrogens (tertiary/aromatic N) is 3. The second-order valence-electron chi connectivity index (χ2n) is 4.84. The summed E-state index contributed by atoms with van der Waals surface area (Å²) in [6, 6.07) is 1.90. The van der Waals surface area contributed by atoms with Gasteiger partial charge in [-0.3, -0.25) is 14.6 Å². The Morgan fingerprint density at radius 1 is 1.45 bits per heavy atom. The molecule has 0 aliphatic carbocycles. The molecular formula is C14H21N5O. The predicted octanol–water partition coefficient (Wildman–Crippen LogP) is 1.14. The maximum absolute atomic E-state index is 11.9. The first-order valence-corrected chi connectivity index (χ1v) is 6.89. The van der Waals surface area contributed by atoms with Crippen LogP contribution in [0, 0.1) is 13.8 Å². The molecule has 2 aromatic rings. The summed E-state index contributed by atoms with van der Waals surface area (Å²) in [5, 5.41) is 14.1. The molecule has 0 bridgehead atoms. The van der Waals surface area contributed by atoms with Gasteiger partial charge in [0.05, 0.1) is 5.69 Å². The third-order valence-electron chi connectivity index (χ3n) is 3.45. The number of aryl methyl sites for hydroxylation is 1. The molecule has 0 saturated carbocycles. The predicted molar refractivity (Wildman–Crippen MR) is 76.4 cm³/mol. The van der Waals surface area contributed by atoms with Gasteiger partial charge in [0.1, 0.15) is 6.54 Å². The molecule has 2 N–H and O–H groups in total. The molecular weight excluding hydrogens is 254 g/mol. The Balaban J connectivity index is 1.85. The van der Waals surface area contributed by atoms with E-state index in [1.165, 1.54) is 5.56 Å². The van der Waals surface area contributed by atoms with Crippen molar-refractivity contribution in [2.24, 2.45) is 0 Å². The van der Waals surface area contributed by atoms with Crippen LogP contribution in [0.4, 0.5) is 0 Å². The monoisotopic (exact) mass is 275 g/mol. The lowest BCUT2D eigenvalue weighted by Gasteiger charge is -2.06. The lowest BCUT2D eigenvalue weighted by Crippen LogP contribution is -2.30. The van der Waals surface area contributed by atoms with E-state index >= 15 is 0 Å². The van der Waals surface area contributed by atoms with Crippen LogP contribution in [0.3, 0.4) is 0 Å². The number of H-pyrrole nitrogens is 1. The Morgan fingerprint density at radius 3 is 2.85 bits per heavy atom. The lowest BCUT2D eigenvalue weighted by molar-refractivity contribution is -0.121. The van der Waals surface area contributed by atoms with Gasteiger partial charge in [-0.1, -0.05) is 6.92 Å². The van der Waals surface area contributed by atoms with Gasteiger partial charge < -0.3 is 5.32 Å². The molecule has 2 rings (SSSR count). The smallest absolute Gasteiger partial charge is 0.241 e. The van der Waals surface area contributed by atoms with Gasteiger partial charge in [-0.15, -0.1) is 0 Å². The van der Waals surface area contributed by atoms with Gasteiger partial charge in [0.2, 0.25) is 5.91 Å². The second-order valence-corrected chi connectivity index (χ2v) is 4.84. The average Bonchev–Trinajstić information content (AvgIpc) is 2.99. The van der Waals surface area contributed by atoms with Crippen LogP contribution < -0.4 is 5.32 Å². The molecule has 0 saturated heterocycles. The normalized spacial score (nSPS) is 10.8. The van der Waals surface area contributed by atoms with Crippen molar-refractivity contribution in [1.29, 1.82) is 0 Å². The molecule has 0 aliphatic rings. The van der Waals surface area contributed by atoms with E-state index in [-0.39, 0.29) is 12.5 Å². The van der Waals surface area contributed by atoms with Crippen molar-refractivity contribution in [3.63, 3.8) is 0 Å². The molecule has 0 aromatic carbocycles. The first-order valence-electron chi connectivity index (χ1n) is 6.89. The van der Waals surface area contributed by atoms with Crippen LogP contribution >= 0.6 is 0 Å². The SMILES string of the molecule is CCc1c(C)nn(CC(=O)NCCc2ccn[nH]2)c1C. The van der Waals surface area contributed by atoms with Gasteiger partial charge in [0.15, 0.2) is 0 Å². The molecule has 0 spiro atoms. The third kappa shape index (κ3) is 3.26. The summed E-state index contributed by atoms with van der Waals surface area (Å²) in [4.78, 5) is 11.9. The standard InChI is InChI=1S/C14H21N5O/c1-4-13-10(2)18-19(11(13)3)9-14(20)15-7-5-12-6-8-16-17-12/h6,8H,4-5,7,9H2,1-3H3,(H,15,20)(H,16,17). The number of carbonyl (C=O) groups is 1. The fourth-order valence-electron chi connectivity index (χ4n) is 2.35. The van der Waals surface area contributed by atoms with Crippen LogP contribution in [0.15, 0.2) is 12.3 Å². The van der Waals surface area contributed by atoms with Crippen molar-refractivity contribution in [2.75, 3.05) is 6.54 Å². The van der Waals surface area contributed by atoms with E-state index in [0.717, 1.165) is 29.9 Å². The van der Waals surface area contributed by atoms with Crippen LogP contribution in [0.25, 0.3) is 0 Å². The number of amides is 1. The van der Waals surface area contributed by atoms with Crippen molar-refractivity contribution in [1.82, 2.24) is 25.3 Å². The van der Waals surface area contributed by atoms with Gasteiger partial charge in [0.25, 0.3) is 0 Å². The molecule has 2 aromatic heterocycles. The summed E-state index contributed by atoms with van der Waals surface area (Å²) in [5.74, 6) is -0.0160.